The van der Waals surface area contributed by atoms with Crippen LogP contribution in [0.15, 0.2) is 0 Å². The number of hydrogen-bond acceptors (Lipinski definition) is 9. The van der Waals surface area contributed by atoms with Crippen LogP contribution in [-0.2, 0) is 9.53 Å². The minimum absolute atomic E-state index is 0.307. The number of rotatable bonds is 13. The van der Waals surface area contributed by atoms with Crippen molar-refractivity contribution in [3.05, 3.63) is 0 Å². The average molecular weight is 386 g/mol. The first-order valence-electron chi connectivity index (χ1n) is 8.13. The van der Waals surface area contributed by atoms with Gasteiger partial charge in [-0.25, -0.2) is 0 Å². The standard InChI is InChI=1S/C15H31NO10/c1-16(2,3)5-8(4-11(20)21)26-7-10(19)13(23)15(25)14(24)12(22)9(18)6-17/h8-10,12-15,17-19,22-25H,4-7H2,1-3H3/p+1. The Bertz CT molecular complexity index is 416. The predicted octanol–water partition coefficient (Wildman–Crippen LogP) is -4.29. The van der Waals surface area contributed by atoms with Crippen molar-refractivity contribution >= 4 is 5.97 Å². The first-order chi connectivity index (χ1) is 11.8. The lowest BCUT2D eigenvalue weighted by Crippen LogP contribution is -2.54. The Balaban J connectivity index is 4.75. The number of aliphatic hydroxyl groups excluding tert-OH is 7. The van der Waals surface area contributed by atoms with E-state index in [1.54, 1.807) is 0 Å². The second-order valence-corrected chi connectivity index (χ2v) is 7.31. The van der Waals surface area contributed by atoms with Gasteiger partial charge in [-0.1, -0.05) is 0 Å². The van der Waals surface area contributed by atoms with Crippen LogP contribution in [0.1, 0.15) is 6.42 Å². The van der Waals surface area contributed by atoms with E-state index in [2.05, 4.69) is 0 Å². The zero-order valence-electron chi connectivity index (χ0n) is 15.2. The van der Waals surface area contributed by atoms with E-state index < -0.39 is 61.9 Å². The number of hydrogen-bond donors (Lipinski definition) is 8. The number of carboxylic acids is 1. The van der Waals surface area contributed by atoms with E-state index in [1.165, 1.54) is 0 Å². The average Bonchev–Trinajstić information content (AvgIpc) is 2.53. The third-order valence-electron chi connectivity index (χ3n) is 3.68. The summed E-state index contributed by atoms with van der Waals surface area (Å²) in [4.78, 5) is 10.9. The molecule has 11 nitrogen and oxygen atoms in total. The molecule has 0 aromatic rings. The minimum atomic E-state index is -2.04. The maximum Gasteiger partial charge on any atom is 0.306 e. The molecule has 0 aromatic carbocycles. The number of nitrogens with zero attached hydrogens (tertiary/aromatic N) is 1. The first kappa shape index (κ1) is 25.1. The van der Waals surface area contributed by atoms with Crippen LogP contribution < -0.4 is 0 Å². The Morgan fingerprint density at radius 1 is 0.885 bits per heavy atom. The van der Waals surface area contributed by atoms with Crippen LogP contribution in [-0.4, -0.2) is 135 Å². The van der Waals surface area contributed by atoms with E-state index in [4.69, 9.17) is 14.9 Å². The Hall–Kier alpha value is -0.890. The monoisotopic (exact) mass is 386 g/mol. The lowest BCUT2D eigenvalue weighted by atomic mass is 9.97. The molecular weight excluding hydrogens is 354 g/mol. The Morgan fingerprint density at radius 3 is 1.73 bits per heavy atom. The molecule has 11 heteroatoms. The summed E-state index contributed by atoms with van der Waals surface area (Å²) in [7, 11) is 5.45. The van der Waals surface area contributed by atoms with Crippen LogP contribution in [0.3, 0.4) is 0 Å². The van der Waals surface area contributed by atoms with Gasteiger partial charge in [-0.2, -0.15) is 0 Å². The number of ether oxygens (including phenoxy) is 1. The van der Waals surface area contributed by atoms with E-state index in [-0.39, 0.29) is 6.42 Å². The van der Waals surface area contributed by atoms with Gasteiger partial charge in [-0.3, -0.25) is 4.79 Å². The van der Waals surface area contributed by atoms with E-state index >= 15 is 0 Å². The summed E-state index contributed by atoms with van der Waals surface area (Å²) < 4.78 is 5.71. The van der Waals surface area contributed by atoms with Gasteiger partial charge in [0.1, 0.15) is 49.3 Å². The number of likely N-dealkylation sites (N-methyl/N-ethyl adjacent to an activating group) is 1. The van der Waals surface area contributed by atoms with Crippen LogP contribution in [0.5, 0.6) is 0 Å². The summed E-state index contributed by atoms with van der Waals surface area (Å²) in [5.74, 6) is -1.10. The van der Waals surface area contributed by atoms with Gasteiger partial charge < -0.3 is 50.1 Å². The van der Waals surface area contributed by atoms with E-state index in [0.29, 0.717) is 11.0 Å². The number of quaternary nitrogens is 1. The molecule has 0 aromatic heterocycles. The number of carboxylic acid groups (broad SMARTS) is 1. The third kappa shape index (κ3) is 9.16. The van der Waals surface area contributed by atoms with Crippen LogP contribution in [0.25, 0.3) is 0 Å². The third-order valence-corrected chi connectivity index (χ3v) is 3.68. The lowest BCUT2D eigenvalue weighted by Gasteiger charge is -2.32. The predicted molar refractivity (Wildman–Crippen MR) is 88.0 cm³/mol. The molecule has 0 aliphatic rings. The van der Waals surface area contributed by atoms with Gasteiger partial charge in [-0.05, 0) is 0 Å². The molecule has 0 saturated carbocycles. The molecule has 0 spiro atoms. The highest BCUT2D eigenvalue weighted by Crippen LogP contribution is 2.13. The summed E-state index contributed by atoms with van der Waals surface area (Å²) in [6.45, 7) is -1.10. The molecule has 0 saturated heterocycles. The van der Waals surface area contributed by atoms with Gasteiger partial charge in [0, 0.05) is 0 Å². The van der Waals surface area contributed by atoms with Crippen molar-refractivity contribution in [2.24, 2.45) is 0 Å². The quantitative estimate of drug-likeness (QED) is 0.144. The Labute approximate surface area is 151 Å². The molecule has 156 valence electrons. The van der Waals surface area contributed by atoms with E-state index in [9.17, 15) is 35.4 Å². The zero-order chi connectivity index (χ0) is 20.7. The fraction of sp³-hybridized carbons (Fsp3) is 0.933. The van der Waals surface area contributed by atoms with Crippen molar-refractivity contribution in [1.29, 1.82) is 0 Å². The summed E-state index contributed by atoms with van der Waals surface area (Å²) in [5.41, 5.74) is 0. The highest BCUT2D eigenvalue weighted by atomic mass is 16.5. The van der Waals surface area contributed by atoms with Crippen LogP contribution >= 0.6 is 0 Å². The molecule has 0 bridgehead atoms. The van der Waals surface area contributed by atoms with Gasteiger partial charge in [0.15, 0.2) is 0 Å². The van der Waals surface area contributed by atoms with Crippen molar-refractivity contribution in [3.63, 3.8) is 0 Å². The largest absolute Gasteiger partial charge is 0.481 e. The van der Waals surface area contributed by atoms with Crippen molar-refractivity contribution in [2.75, 3.05) is 40.9 Å². The molecule has 0 aliphatic carbocycles. The van der Waals surface area contributed by atoms with Gasteiger partial charge in [0.25, 0.3) is 0 Å². The normalized spacial score (nSPS) is 20.7. The second-order valence-electron chi connectivity index (χ2n) is 7.31. The highest BCUT2D eigenvalue weighted by Gasteiger charge is 2.37. The fourth-order valence-corrected chi connectivity index (χ4v) is 2.28. The summed E-state index contributed by atoms with van der Waals surface area (Å²) in [6.07, 6.45) is -12.5. The first-order valence-corrected chi connectivity index (χ1v) is 8.13. The molecule has 0 fully saturated rings. The molecule has 0 radical (unpaired) electrons. The second kappa shape index (κ2) is 11.1. The summed E-state index contributed by atoms with van der Waals surface area (Å²) in [5, 5.41) is 75.6. The van der Waals surface area contributed by atoms with Gasteiger partial charge in [-0.15, -0.1) is 0 Å². The Kier molecular flexibility index (Phi) is 10.7. The Morgan fingerprint density at radius 2 is 1.35 bits per heavy atom. The smallest absolute Gasteiger partial charge is 0.306 e. The molecule has 26 heavy (non-hydrogen) atoms. The topological polar surface area (TPSA) is 188 Å². The van der Waals surface area contributed by atoms with Crippen molar-refractivity contribution in [3.8, 4) is 0 Å². The van der Waals surface area contributed by atoms with E-state index in [0.717, 1.165) is 0 Å². The molecule has 0 heterocycles. The van der Waals surface area contributed by atoms with Crippen LogP contribution in [0.2, 0.25) is 0 Å². The number of aliphatic hydroxyl groups is 7. The van der Waals surface area contributed by atoms with Gasteiger partial charge in [0.2, 0.25) is 0 Å². The molecule has 8 N–H and O–H groups in total. The minimum Gasteiger partial charge on any atom is -0.481 e. The molecule has 0 rings (SSSR count). The maximum absolute atomic E-state index is 10.9. The zero-order valence-corrected chi connectivity index (χ0v) is 15.2. The van der Waals surface area contributed by atoms with Gasteiger partial charge >= 0.3 is 5.97 Å². The molecule has 7 unspecified atom stereocenters. The SMILES string of the molecule is C[N+](C)(C)CC(CC(=O)O)OCC(O)C(O)C(O)C(O)C(O)C(O)CO. The summed E-state index contributed by atoms with van der Waals surface area (Å²) in [6, 6.07) is 0. The maximum atomic E-state index is 10.9. The molecule has 7 atom stereocenters. The van der Waals surface area contributed by atoms with E-state index in [1.807, 2.05) is 21.1 Å². The van der Waals surface area contributed by atoms with Crippen molar-refractivity contribution in [1.82, 2.24) is 0 Å². The van der Waals surface area contributed by atoms with Crippen LogP contribution in [0.4, 0.5) is 0 Å². The van der Waals surface area contributed by atoms with Gasteiger partial charge in [0.05, 0.1) is 40.8 Å². The molecular formula is C15H32NO10+. The molecule has 0 aliphatic heterocycles. The fourth-order valence-electron chi connectivity index (χ4n) is 2.28. The van der Waals surface area contributed by atoms with Crippen LogP contribution in [0, 0.1) is 0 Å². The molecule has 0 amide bonds. The lowest BCUT2D eigenvalue weighted by molar-refractivity contribution is -0.873. The number of carbonyl (C=O) groups is 1. The summed E-state index contributed by atoms with van der Waals surface area (Å²) >= 11 is 0. The highest BCUT2D eigenvalue weighted by molar-refractivity contribution is 5.67. The van der Waals surface area contributed by atoms with Crippen molar-refractivity contribution < 1.29 is 54.9 Å². The van der Waals surface area contributed by atoms with Crippen molar-refractivity contribution in [2.45, 2.75) is 49.1 Å². The number of aliphatic carboxylic acids is 1.